The fourth-order valence-corrected chi connectivity index (χ4v) is 3.54. The van der Waals surface area contributed by atoms with Crippen LogP contribution < -0.4 is 14.4 Å². The van der Waals surface area contributed by atoms with Crippen LogP contribution in [0.1, 0.15) is 16.8 Å². The van der Waals surface area contributed by atoms with E-state index >= 15 is 0 Å². The highest BCUT2D eigenvalue weighted by atomic mass is 19.1. The minimum Gasteiger partial charge on any atom is -0.490 e. The second-order valence-electron chi connectivity index (χ2n) is 7.79. The third-order valence-corrected chi connectivity index (χ3v) is 5.17. The van der Waals surface area contributed by atoms with Crippen molar-refractivity contribution in [1.82, 2.24) is 4.98 Å². The number of halogens is 1. The van der Waals surface area contributed by atoms with Crippen molar-refractivity contribution in [2.75, 3.05) is 44.4 Å². The van der Waals surface area contributed by atoms with Crippen molar-refractivity contribution in [1.29, 1.82) is 0 Å². The van der Waals surface area contributed by atoms with E-state index in [4.69, 9.17) is 14.2 Å². The van der Waals surface area contributed by atoms with Crippen molar-refractivity contribution < 1.29 is 18.6 Å². The average Bonchev–Trinajstić information content (AvgIpc) is 2.83. The van der Waals surface area contributed by atoms with Crippen LogP contribution in [0, 0.1) is 12.7 Å². The number of aromatic nitrogens is 1. The van der Waals surface area contributed by atoms with E-state index in [0.29, 0.717) is 44.6 Å². The molecule has 172 valence electrons. The average molecular weight is 450 g/mol. The molecule has 0 amide bonds. The van der Waals surface area contributed by atoms with Crippen LogP contribution in [0.15, 0.2) is 65.7 Å². The third kappa shape index (κ3) is 7.02. The summed E-state index contributed by atoms with van der Waals surface area (Å²) in [6.07, 6.45) is 1.87. The molecular weight excluding hydrogens is 421 g/mol. The molecule has 6 nitrogen and oxygen atoms in total. The van der Waals surface area contributed by atoms with Crippen LogP contribution in [-0.4, -0.2) is 50.7 Å². The Morgan fingerprint density at radius 1 is 1.03 bits per heavy atom. The zero-order valence-electron chi connectivity index (χ0n) is 18.7. The van der Waals surface area contributed by atoms with E-state index < -0.39 is 0 Å². The highest BCUT2D eigenvalue weighted by Crippen LogP contribution is 2.23. The molecule has 33 heavy (non-hydrogen) atoms. The van der Waals surface area contributed by atoms with Gasteiger partial charge in [0, 0.05) is 31.1 Å². The number of anilines is 1. The van der Waals surface area contributed by atoms with Crippen LogP contribution in [0.3, 0.4) is 0 Å². The van der Waals surface area contributed by atoms with Gasteiger partial charge in [0.25, 0.3) is 0 Å². The van der Waals surface area contributed by atoms with Gasteiger partial charge in [-0.3, -0.25) is 4.99 Å². The van der Waals surface area contributed by atoms with Crippen molar-refractivity contribution in [3.8, 4) is 11.6 Å². The van der Waals surface area contributed by atoms with E-state index in [1.807, 2.05) is 24.4 Å². The Balaban J connectivity index is 1.41. The number of aliphatic imine (C=N–C) groups is 1. The quantitative estimate of drug-likeness (QED) is 0.357. The largest absolute Gasteiger partial charge is 0.490 e. The molecule has 1 aliphatic heterocycles. The van der Waals surface area contributed by atoms with Crippen molar-refractivity contribution in [2.24, 2.45) is 4.99 Å². The van der Waals surface area contributed by atoms with Crippen molar-refractivity contribution in [3.05, 3.63) is 83.3 Å². The molecule has 0 atom stereocenters. The van der Waals surface area contributed by atoms with Gasteiger partial charge in [-0.2, -0.15) is 0 Å². The zero-order valence-corrected chi connectivity index (χ0v) is 18.7. The van der Waals surface area contributed by atoms with Crippen LogP contribution >= 0.6 is 0 Å². The Morgan fingerprint density at radius 2 is 1.82 bits per heavy atom. The van der Waals surface area contributed by atoms with Gasteiger partial charge < -0.3 is 19.1 Å². The predicted molar refractivity (Wildman–Crippen MR) is 127 cm³/mol. The monoisotopic (exact) mass is 449 g/mol. The Labute approximate surface area is 193 Å². The summed E-state index contributed by atoms with van der Waals surface area (Å²) in [6, 6.07) is 18.1. The summed E-state index contributed by atoms with van der Waals surface area (Å²) in [5.74, 6) is 0.837. The normalized spacial score (nSPS) is 13.9. The number of hydrogen-bond donors (Lipinski definition) is 0. The number of morpholine rings is 1. The summed E-state index contributed by atoms with van der Waals surface area (Å²) in [4.78, 5) is 11.5. The van der Waals surface area contributed by atoms with Crippen LogP contribution in [0.5, 0.6) is 11.6 Å². The minimum absolute atomic E-state index is 0.291. The summed E-state index contributed by atoms with van der Waals surface area (Å²) in [6.45, 7) is 6.21. The molecule has 0 radical (unpaired) electrons. The lowest BCUT2D eigenvalue weighted by atomic mass is 10.1. The first-order valence-electron chi connectivity index (χ1n) is 11.1. The maximum Gasteiger partial charge on any atom is 0.215 e. The fourth-order valence-electron chi connectivity index (χ4n) is 3.54. The molecular formula is C26H28FN3O3. The lowest BCUT2D eigenvalue weighted by molar-refractivity contribution is 0.122. The van der Waals surface area contributed by atoms with Crippen LogP contribution in [-0.2, 0) is 11.3 Å². The highest BCUT2D eigenvalue weighted by molar-refractivity contribution is 5.79. The summed E-state index contributed by atoms with van der Waals surface area (Å²) in [5.41, 5.74) is 4.14. The number of aryl methyl sites for hydroxylation is 1. The minimum atomic E-state index is -0.291. The van der Waals surface area contributed by atoms with Gasteiger partial charge in [0.15, 0.2) is 0 Å². The molecule has 1 aromatic heterocycles. The molecule has 0 unspecified atom stereocenters. The first-order chi connectivity index (χ1) is 16.2. The van der Waals surface area contributed by atoms with Gasteiger partial charge in [-0.15, -0.1) is 0 Å². The number of nitrogens with zero attached hydrogens (tertiary/aromatic N) is 3. The maximum absolute atomic E-state index is 13.0. The topological polar surface area (TPSA) is 56.2 Å². The number of rotatable bonds is 9. The highest BCUT2D eigenvalue weighted by Gasteiger charge is 2.14. The number of benzene rings is 2. The second-order valence-corrected chi connectivity index (χ2v) is 7.79. The smallest absolute Gasteiger partial charge is 0.215 e. The molecule has 1 saturated heterocycles. The van der Waals surface area contributed by atoms with Crippen molar-refractivity contribution in [3.63, 3.8) is 0 Å². The molecule has 1 fully saturated rings. The summed E-state index contributed by atoms with van der Waals surface area (Å²) in [7, 11) is 0. The molecule has 2 aromatic carbocycles. The Bertz CT molecular complexity index is 1070. The predicted octanol–water partition coefficient (Wildman–Crippen LogP) is 4.44. The Kier molecular flexibility index (Phi) is 7.87. The maximum atomic E-state index is 13.0. The molecule has 2 heterocycles. The van der Waals surface area contributed by atoms with Crippen LogP contribution in [0.2, 0.25) is 0 Å². The molecule has 0 bridgehead atoms. The Hall–Kier alpha value is -3.45. The van der Waals surface area contributed by atoms with E-state index in [9.17, 15) is 4.39 Å². The van der Waals surface area contributed by atoms with Crippen LogP contribution in [0.4, 0.5) is 10.1 Å². The summed E-state index contributed by atoms with van der Waals surface area (Å²) in [5, 5.41) is 0. The van der Waals surface area contributed by atoms with Crippen molar-refractivity contribution in [2.45, 2.75) is 13.5 Å². The number of hydrogen-bond acceptors (Lipinski definition) is 6. The van der Waals surface area contributed by atoms with Gasteiger partial charge in [0.1, 0.15) is 24.8 Å². The van der Waals surface area contributed by atoms with Crippen molar-refractivity contribution >= 4 is 11.9 Å². The molecule has 0 N–H and O–H groups in total. The lowest BCUT2D eigenvalue weighted by Crippen LogP contribution is -2.36. The van der Waals surface area contributed by atoms with Gasteiger partial charge in [0.05, 0.1) is 25.5 Å². The lowest BCUT2D eigenvalue weighted by Gasteiger charge is -2.29. The van der Waals surface area contributed by atoms with E-state index in [2.05, 4.69) is 40.0 Å². The molecule has 0 spiro atoms. The molecule has 4 rings (SSSR count). The van der Waals surface area contributed by atoms with E-state index in [0.717, 1.165) is 30.0 Å². The van der Waals surface area contributed by atoms with Gasteiger partial charge in [-0.05, 0) is 42.8 Å². The Morgan fingerprint density at radius 3 is 2.61 bits per heavy atom. The van der Waals surface area contributed by atoms with Crippen LogP contribution in [0.25, 0.3) is 0 Å². The van der Waals surface area contributed by atoms with E-state index in [1.54, 1.807) is 12.1 Å². The van der Waals surface area contributed by atoms with E-state index in [1.165, 1.54) is 17.7 Å². The SMILES string of the molecule is Cc1cccc(C=NCc2cc(N3CCOCC3)cc(OCCOc3ccc(F)cc3)n2)c1. The fraction of sp³-hybridized carbons (Fsp3) is 0.308. The number of pyridine rings is 1. The number of ether oxygens (including phenoxy) is 3. The van der Waals surface area contributed by atoms with E-state index in [-0.39, 0.29) is 5.82 Å². The molecule has 1 aliphatic rings. The molecule has 0 aliphatic carbocycles. The first kappa shape index (κ1) is 22.7. The van der Waals surface area contributed by atoms with Gasteiger partial charge >= 0.3 is 0 Å². The summed E-state index contributed by atoms with van der Waals surface area (Å²) >= 11 is 0. The first-order valence-corrected chi connectivity index (χ1v) is 11.1. The third-order valence-electron chi connectivity index (χ3n) is 5.17. The molecule has 3 aromatic rings. The van der Waals surface area contributed by atoms with Gasteiger partial charge in [-0.25, -0.2) is 9.37 Å². The standard InChI is InChI=1S/C26H28FN3O3/c1-20-3-2-4-21(15-20)18-28-19-23-16-24(30-9-11-31-12-10-30)17-26(29-23)33-14-13-32-25-7-5-22(27)6-8-25/h2-8,15-18H,9-14,19H2,1H3. The molecule has 7 heteroatoms. The van der Waals surface area contributed by atoms with Gasteiger partial charge in [0.2, 0.25) is 5.88 Å². The zero-order chi connectivity index (χ0) is 22.9. The second kappa shape index (κ2) is 11.4. The summed E-state index contributed by atoms with van der Waals surface area (Å²) < 4.78 is 30.0. The van der Waals surface area contributed by atoms with Gasteiger partial charge in [-0.1, -0.05) is 29.8 Å². The molecule has 0 saturated carbocycles.